The Kier molecular flexibility index (Phi) is 5.90. The van der Waals surface area contributed by atoms with Crippen molar-refractivity contribution in [3.8, 4) is 0 Å². The molecule has 0 radical (unpaired) electrons. The Labute approximate surface area is 165 Å². The molecular weight excluding hydrogens is 387 g/mol. The summed E-state index contributed by atoms with van der Waals surface area (Å²) in [6, 6.07) is 7.91. The highest BCUT2D eigenvalue weighted by atomic mass is 19.4. The minimum Gasteiger partial charge on any atom is -0.355 e. The second-order valence-electron chi connectivity index (χ2n) is 6.71. The van der Waals surface area contributed by atoms with E-state index in [0.717, 1.165) is 6.07 Å². The van der Waals surface area contributed by atoms with Crippen LogP contribution in [0.1, 0.15) is 18.4 Å². The Hall–Kier alpha value is -3.30. The van der Waals surface area contributed by atoms with Crippen molar-refractivity contribution in [2.75, 3.05) is 28.6 Å². The zero-order chi connectivity index (χ0) is 21.0. The molecule has 154 valence electrons. The molecule has 1 saturated heterocycles. The van der Waals surface area contributed by atoms with Gasteiger partial charge in [0.05, 0.1) is 11.5 Å². The number of anilines is 3. The first-order chi connectivity index (χ1) is 13.7. The lowest BCUT2D eigenvalue weighted by atomic mass is 9.96. The zero-order valence-corrected chi connectivity index (χ0v) is 15.4. The van der Waals surface area contributed by atoms with E-state index in [1.165, 1.54) is 17.2 Å². The zero-order valence-electron chi connectivity index (χ0n) is 15.4. The molecule has 1 aromatic heterocycles. The van der Waals surface area contributed by atoms with Gasteiger partial charge >= 0.3 is 12.2 Å². The topological polar surface area (TPSA) is 100 Å². The predicted molar refractivity (Wildman–Crippen MR) is 102 cm³/mol. The lowest BCUT2D eigenvalue weighted by Gasteiger charge is -2.34. The van der Waals surface area contributed by atoms with Crippen LogP contribution in [0.25, 0.3) is 0 Å². The molecule has 1 aromatic carbocycles. The third-order valence-electron chi connectivity index (χ3n) is 4.60. The van der Waals surface area contributed by atoms with E-state index in [9.17, 15) is 22.8 Å². The van der Waals surface area contributed by atoms with E-state index in [4.69, 9.17) is 5.73 Å². The maximum atomic E-state index is 13.3. The monoisotopic (exact) mass is 407 g/mol. The van der Waals surface area contributed by atoms with Crippen molar-refractivity contribution < 1.29 is 22.8 Å². The fraction of sp³-hybridized carbons (Fsp3) is 0.316. The quantitative estimate of drug-likeness (QED) is 0.723. The Morgan fingerprint density at radius 2 is 1.76 bits per heavy atom. The van der Waals surface area contributed by atoms with Crippen LogP contribution in [0.3, 0.4) is 0 Å². The molecule has 7 nitrogen and oxygen atoms in total. The Morgan fingerprint density at radius 3 is 2.38 bits per heavy atom. The van der Waals surface area contributed by atoms with E-state index in [0.29, 0.717) is 30.8 Å². The first kappa shape index (κ1) is 20.4. The highest BCUT2D eigenvalue weighted by Gasteiger charge is 2.37. The number of carbonyl (C=O) groups excluding carboxylic acids is 2. The number of aromatic nitrogens is 1. The number of alkyl halides is 3. The van der Waals surface area contributed by atoms with Crippen LogP contribution >= 0.6 is 0 Å². The number of nitrogens with one attached hydrogen (secondary N) is 2. The largest absolute Gasteiger partial charge is 0.419 e. The number of nitrogens with zero attached hydrogens (tertiary/aromatic N) is 2. The Balaban J connectivity index is 1.68. The van der Waals surface area contributed by atoms with Gasteiger partial charge in [-0.05, 0) is 49.2 Å². The van der Waals surface area contributed by atoms with Gasteiger partial charge in [0.2, 0.25) is 5.91 Å². The fourth-order valence-electron chi connectivity index (χ4n) is 3.28. The molecule has 2 aromatic rings. The summed E-state index contributed by atoms with van der Waals surface area (Å²) in [5.41, 5.74) is 5.22. The summed E-state index contributed by atoms with van der Waals surface area (Å²) in [5, 5.41) is 5.17. The molecule has 1 aliphatic heterocycles. The summed E-state index contributed by atoms with van der Waals surface area (Å²) in [5.74, 6) is -0.913. The number of benzene rings is 1. The highest BCUT2D eigenvalue weighted by molar-refractivity contribution is 5.93. The minimum absolute atomic E-state index is 0.146. The highest BCUT2D eigenvalue weighted by Crippen LogP contribution is 2.36. The Morgan fingerprint density at radius 1 is 1.10 bits per heavy atom. The maximum Gasteiger partial charge on any atom is 0.419 e. The third kappa shape index (κ3) is 5.15. The molecule has 1 atom stereocenters. The summed E-state index contributed by atoms with van der Waals surface area (Å²) < 4.78 is 39.8. The lowest BCUT2D eigenvalue weighted by Crippen LogP contribution is -2.42. The average Bonchev–Trinajstić information content (AvgIpc) is 2.68. The summed E-state index contributed by atoms with van der Waals surface area (Å²) in [4.78, 5) is 28.9. The SMILES string of the molecule is NC(=O)Nc1ccc(NC(=O)C2CCCN(c3ncccc3C(F)(F)F)C2)cc1. The molecule has 0 bridgehead atoms. The molecule has 3 rings (SSSR count). The van der Waals surface area contributed by atoms with Crippen LogP contribution in [0, 0.1) is 5.92 Å². The summed E-state index contributed by atoms with van der Waals surface area (Å²) >= 11 is 0. The number of urea groups is 1. The number of carbonyl (C=O) groups is 2. The summed E-state index contributed by atoms with van der Waals surface area (Å²) in [6.07, 6.45) is -2.05. The van der Waals surface area contributed by atoms with Crippen LogP contribution in [-0.2, 0) is 11.0 Å². The number of primary amides is 1. The number of pyridine rings is 1. The molecule has 29 heavy (non-hydrogen) atoms. The van der Waals surface area contributed by atoms with Crippen LogP contribution < -0.4 is 21.3 Å². The van der Waals surface area contributed by atoms with Gasteiger partial charge in [-0.3, -0.25) is 4.79 Å². The van der Waals surface area contributed by atoms with Gasteiger partial charge in [0, 0.05) is 30.7 Å². The van der Waals surface area contributed by atoms with Crippen LogP contribution in [0.4, 0.5) is 35.2 Å². The third-order valence-corrected chi connectivity index (χ3v) is 4.60. The van der Waals surface area contributed by atoms with E-state index >= 15 is 0 Å². The normalized spacial score (nSPS) is 16.9. The maximum absolute atomic E-state index is 13.3. The van der Waals surface area contributed by atoms with Crippen molar-refractivity contribution in [3.63, 3.8) is 0 Å². The number of hydrogen-bond donors (Lipinski definition) is 3. The molecule has 10 heteroatoms. The molecule has 1 aliphatic rings. The van der Waals surface area contributed by atoms with E-state index in [1.54, 1.807) is 24.3 Å². The molecule has 4 N–H and O–H groups in total. The Bertz CT molecular complexity index is 886. The van der Waals surface area contributed by atoms with Crippen LogP contribution in [0.5, 0.6) is 0 Å². The van der Waals surface area contributed by atoms with Gasteiger partial charge in [0.15, 0.2) is 0 Å². The van der Waals surface area contributed by atoms with Crippen molar-refractivity contribution >= 4 is 29.1 Å². The van der Waals surface area contributed by atoms with Crippen LogP contribution in [0.15, 0.2) is 42.6 Å². The molecule has 1 unspecified atom stereocenters. The molecule has 0 spiro atoms. The number of hydrogen-bond acceptors (Lipinski definition) is 4. The molecule has 0 saturated carbocycles. The second-order valence-corrected chi connectivity index (χ2v) is 6.71. The van der Waals surface area contributed by atoms with Gasteiger partial charge in [0.25, 0.3) is 0 Å². The van der Waals surface area contributed by atoms with Gasteiger partial charge < -0.3 is 21.3 Å². The minimum atomic E-state index is -4.51. The average molecular weight is 407 g/mol. The molecule has 2 heterocycles. The number of amides is 3. The van der Waals surface area contributed by atoms with E-state index < -0.39 is 23.7 Å². The lowest BCUT2D eigenvalue weighted by molar-refractivity contribution is -0.137. The van der Waals surface area contributed by atoms with E-state index in [-0.39, 0.29) is 18.3 Å². The van der Waals surface area contributed by atoms with Crippen LogP contribution in [0.2, 0.25) is 0 Å². The van der Waals surface area contributed by atoms with Crippen molar-refractivity contribution in [2.45, 2.75) is 19.0 Å². The van der Waals surface area contributed by atoms with Gasteiger partial charge in [-0.2, -0.15) is 13.2 Å². The summed E-state index contributed by atoms with van der Waals surface area (Å²) in [6.45, 7) is 0.546. The molecule has 1 fully saturated rings. The number of rotatable bonds is 4. The van der Waals surface area contributed by atoms with Gasteiger partial charge in [-0.1, -0.05) is 0 Å². The van der Waals surface area contributed by atoms with Gasteiger partial charge in [-0.25, -0.2) is 9.78 Å². The van der Waals surface area contributed by atoms with Crippen molar-refractivity contribution in [1.29, 1.82) is 0 Å². The number of piperidine rings is 1. The standard InChI is InChI=1S/C19H20F3N5O2/c20-19(21,22)15-4-1-9-24-16(15)27-10-2-3-12(11-27)17(28)25-13-5-7-14(8-6-13)26-18(23)29/h1,4-9,12H,2-3,10-11H2,(H,25,28)(H3,23,26,29). The van der Waals surface area contributed by atoms with Crippen molar-refractivity contribution in [2.24, 2.45) is 11.7 Å². The number of nitrogens with two attached hydrogens (primary N) is 1. The van der Waals surface area contributed by atoms with Gasteiger partial charge in [0.1, 0.15) is 5.82 Å². The summed E-state index contributed by atoms with van der Waals surface area (Å²) in [7, 11) is 0. The van der Waals surface area contributed by atoms with Gasteiger partial charge in [-0.15, -0.1) is 0 Å². The second kappa shape index (κ2) is 8.38. The van der Waals surface area contributed by atoms with Crippen LogP contribution in [-0.4, -0.2) is 30.0 Å². The van der Waals surface area contributed by atoms with Crippen molar-refractivity contribution in [1.82, 2.24) is 4.98 Å². The van der Waals surface area contributed by atoms with E-state index in [1.807, 2.05) is 0 Å². The van der Waals surface area contributed by atoms with Crippen molar-refractivity contribution in [3.05, 3.63) is 48.2 Å². The van der Waals surface area contributed by atoms with E-state index in [2.05, 4.69) is 15.6 Å². The molecule has 3 amide bonds. The number of halogens is 3. The molecule has 0 aliphatic carbocycles. The fourth-order valence-corrected chi connectivity index (χ4v) is 3.28. The smallest absolute Gasteiger partial charge is 0.355 e. The molecular formula is C19H20F3N5O2. The predicted octanol–water partition coefficient (Wildman–Crippen LogP) is 3.45. The first-order valence-corrected chi connectivity index (χ1v) is 8.98. The first-order valence-electron chi connectivity index (χ1n) is 8.98.